The lowest BCUT2D eigenvalue weighted by Gasteiger charge is -2.30. The van der Waals surface area contributed by atoms with Crippen LogP contribution in [0.4, 0.5) is 0 Å². The molecule has 0 aliphatic carbocycles. The average Bonchev–Trinajstić information content (AvgIpc) is 3.66. The molecule has 0 radical (unpaired) electrons. The number of piperidine rings is 1. The highest BCUT2D eigenvalue weighted by atomic mass is 16.5. The zero-order chi connectivity index (χ0) is 25.1. The summed E-state index contributed by atoms with van der Waals surface area (Å²) in [7, 11) is 0. The largest absolute Gasteiger partial charge is 0.445 e. The second-order valence-electron chi connectivity index (χ2n) is 9.84. The number of nitrogens with zero attached hydrogens (tertiary/aromatic N) is 5. The number of likely N-dealkylation sites (tertiary alicyclic amines) is 2. The van der Waals surface area contributed by atoms with Crippen molar-refractivity contribution in [1.82, 2.24) is 24.9 Å². The van der Waals surface area contributed by atoms with E-state index in [2.05, 4.69) is 15.1 Å². The Labute approximate surface area is 210 Å². The first-order valence-corrected chi connectivity index (χ1v) is 12.9. The van der Waals surface area contributed by atoms with Crippen LogP contribution in [-0.2, 0) is 11.2 Å². The second-order valence-corrected chi connectivity index (χ2v) is 9.84. The molecule has 2 aliphatic rings. The van der Waals surface area contributed by atoms with Crippen LogP contribution in [0.3, 0.4) is 0 Å². The van der Waals surface area contributed by atoms with E-state index in [4.69, 9.17) is 8.94 Å². The van der Waals surface area contributed by atoms with E-state index >= 15 is 0 Å². The standard InChI is InChI=1S/C27H33N5O4/c1-18-8-10-20(11-9-18)25-28-22(36-30-25)6-5-7-23(33)31-16-12-21(13-17-31)26-29-24(19(2)35-26)27(34)32-14-3-4-15-32/h8-11,21H,3-7,12-17H2,1-2H3. The van der Waals surface area contributed by atoms with Crippen molar-refractivity contribution in [2.45, 2.75) is 64.7 Å². The van der Waals surface area contributed by atoms with Crippen molar-refractivity contribution in [2.75, 3.05) is 26.2 Å². The lowest BCUT2D eigenvalue weighted by molar-refractivity contribution is -0.132. The van der Waals surface area contributed by atoms with Gasteiger partial charge in [0.05, 0.1) is 0 Å². The first kappa shape index (κ1) is 24.2. The van der Waals surface area contributed by atoms with Crippen LogP contribution in [0.15, 0.2) is 33.2 Å². The lowest BCUT2D eigenvalue weighted by Crippen LogP contribution is -2.37. The molecule has 0 atom stereocenters. The minimum Gasteiger partial charge on any atom is -0.445 e. The normalized spacial score (nSPS) is 16.6. The molecule has 3 aromatic rings. The van der Waals surface area contributed by atoms with E-state index in [0.29, 0.717) is 61.4 Å². The molecule has 0 spiro atoms. The molecule has 2 aromatic heterocycles. The van der Waals surface area contributed by atoms with Gasteiger partial charge in [0.15, 0.2) is 11.6 Å². The minimum absolute atomic E-state index is 0.0279. The third-order valence-electron chi connectivity index (χ3n) is 7.17. The van der Waals surface area contributed by atoms with E-state index in [0.717, 1.165) is 44.3 Å². The molecule has 36 heavy (non-hydrogen) atoms. The Hall–Kier alpha value is -3.49. The number of aromatic nitrogens is 3. The molecule has 2 fully saturated rings. The number of rotatable bonds is 7. The molecule has 0 unspecified atom stereocenters. The van der Waals surface area contributed by atoms with Gasteiger partial charge in [-0.2, -0.15) is 4.98 Å². The zero-order valence-corrected chi connectivity index (χ0v) is 21.0. The van der Waals surface area contributed by atoms with Crippen molar-refractivity contribution in [3.63, 3.8) is 0 Å². The van der Waals surface area contributed by atoms with Crippen molar-refractivity contribution < 1.29 is 18.5 Å². The monoisotopic (exact) mass is 491 g/mol. The van der Waals surface area contributed by atoms with Gasteiger partial charge in [0.1, 0.15) is 5.76 Å². The van der Waals surface area contributed by atoms with Gasteiger partial charge in [-0.25, -0.2) is 4.98 Å². The maximum atomic E-state index is 12.8. The quantitative estimate of drug-likeness (QED) is 0.485. The van der Waals surface area contributed by atoms with E-state index in [1.165, 1.54) is 5.56 Å². The minimum atomic E-state index is -0.0279. The fraction of sp³-hybridized carbons (Fsp3) is 0.519. The Morgan fingerprint density at radius 3 is 2.42 bits per heavy atom. The molecule has 9 nitrogen and oxygen atoms in total. The summed E-state index contributed by atoms with van der Waals surface area (Å²) in [6, 6.07) is 7.98. The number of carbonyl (C=O) groups is 2. The summed E-state index contributed by atoms with van der Waals surface area (Å²) in [5.74, 6) is 2.59. The first-order valence-electron chi connectivity index (χ1n) is 12.9. The average molecular weight is 492 g/mol. The Bertz CT molecular complexity index is 1200. The van der Waals surface area contributed by atoms with Gasteiger partial charge in [-0.3, -0.25) is 9.59 Å². The van der Waals surface area contributed by atoms with Crippen molar-refractivity contribution in [3.05, 3.63) is 53.1 Å². The predicted octanol–water partition coefficient (Wildman–Crippen LogP) is 4.31. The van der Waals surface area contributed by atoms with Gasteiger partial charge in [0.2, 0.25) is 17.6 Å². The van der Waals surface area contributed by atoms with Gasteiger partial charge >= 0.3 is 0 Å². The predicted molar refractivity (Wildman–Crippen MR) is 132 cm³/mol. The molecule has 190 valence electrons. The van der Waals surface area contributed by atoms with Gasteiger partial charge in [-0.05, 0) is 46.0 Å². The summed E-state index contributed by atoms with van der Waals surface area (Å²) in [6.07, 6.45) is 5.34. The Morgan fingerprint density at radius 2 is 1.69 bits per heavy atom. The van der Waals surface area contributed by atoms with E-state index in [9.17, 15) is 9.59 Å². The molecule has 9 heteroatoms. The van der Waals surface area contributed by atoms with E-state index in [1.807, 2.05) is 47.9 Å². The van der Waals surface area contributed by atoms with Gasteiger partial charge in [-0.1, -0.05) is 35.0 Å². The van der Waals surface area contributed by atoms with Crippen molar-refractivity contribution in [1.29, 1.82) is 0 Å². The van der Waals surface area contributed by atoms with E-state index in [1.54, 1.807) is 0 Å². The maximum Gasteiger partial charge on any atom is 0.276 e. The van der Waals surface area contributed by atoms with Crippen LogP contribution in [0.1, 0.15) is 78.0 Å². The third-order valence-corrected chi connectivity index (χ3v) is 7.17. The van der Waals surface area contributed by atoms with Crippen molar-refractivity contribution in [2.24, 2.45) is 0 Å². The molecule has 2 aliphatic heterocycles. The number of carbonyl (C=O) groups excluding carboxylic acids is 2. The highest BCUT2D eigenvalue weighted by Gasteiger charge is 2.30. The van der Waals surface area contributed by atoms with Crippen LogP contribution in [0.2, 0.25) is 0 Å². The summed E-state index contributed by atoms with van der Waals surface area (Å²) < 4.78 is 11.3. The molecule has 5 rings (SSSR count). The number of oxazole rings is 1. The number of aryl methyl sites for hydroxylation is 3. The molecule has 4 heterocycles. The van der Waals surface area contributed by atoms with Crippen molar-refractivity contribution in [3.8, 4) is 11.4 Å². The number of amides is 2. The molecule has 1 aromatic carbocycles. The summed E-state index contributed by atoms with van der Waals surface area (Å²) in [5.41, 5.74) is 2.54. The second kappa shape index (κ2) is 10.6. The van der Waals surface area contributed by atoms with Gasteiger partial charge < -0.3 is 18.7 Å². The molecular weight excluding hydrogens is 458 g/mol. The SMILES string of the molecule is Cc1ccc(-c2noc(CCCC(=O)N3CCC(c4nc(C(=O)N5CCCC5)c(C)o4)CC3)n2)cc1. The molecule has 0 bridgehead atoms. The Morgan fingerprint density at radius 1 is 0.972 bits per heavy atom. The summed E-state index contributed by atoms with van der Waals surface area (Å²) >= 11 is 0. The highest BCUT2D eigenvalue weighted by Crippen LogP contribution is 2.30. The third kappa shape index (κ3) is 5.34. The van der Waals surface area contributed by atoms with Crippen LogP contribution in [-0.4, -0.2) is 62.9 Å². The number of hydrogen-bond donors (Lipinski definition) is 0. The fourth-order valence-corrected chi connectivity index (χ4v) is 4.96. The van der Waals surface area contributed by atoms with Crippen LogP contribution in [0, 0.1) is 13.8 Å². The van der Waals surface area contributed by atoms with Gasteiger partial charge in [0.25, 0.3) is 5.91 Å². The lowest BCUT2D eigenvalue weighted by atomic mass is 9.96. The van der Waals surface area contributed by atoms with Crippen LogP contribution < -0.4 is 0 Å². The highest BCUT2D eigenvalue weighted by molar-refractivity contribution is 5.93. The summed E-state index contributed by atoms with van der Waals surface area (Å²) in [6.45, 7) is 6.76. The molecule has 2 saturated heterocycles. The Kier molecular flexibility index (Phi) is 7.16. The molecule has 0 saturated carbocycles. The van der Waals surface area contributed by atoms with E-state index < -0.39 is 0 Å². The smallest absolute Gasteiger partial charge is 0.276 e. The maximum absolute atomic E-state index is 12.8. The van der Waals surface area contributed by atoms with Gasteiger partial charge in [-0.15, -0.1) is 0 Å². The van der Waals surface area contributed by atoms with Crippen LogP contribution in [0.25, 0.3) is 11.4 Å². The van der Waals surface area contributed by atoms with Crippen LogP contribution >= 0.6 is 0 Å². The molecule has 0 N–H and O–H groups in total. The zero-order valence-electron chi connectivity index (χ0n) is 21.0. The number of benzene rings is 1. The van der Waals surface area contributed by atoms with Gasteiger partial charge in [0, 0.05) is 50.5 Å². The Balaban J connectivity index is 1.08. The summed E-state index contributed by atoms with van der Waals surface area (Å²) in [5, 5.41) is 4.06. The fourth-order valence-electron chi connectivity index (χ4n) is 4.96. The van der Waals surface area contributed by atoms with Crippen molar-refractivity contribution >= 4 is 11.8 Å². The molecule has 2 amide bonds. The van der Waals surface area contributed by atoms with Crippen LogP contribution in [0.5, 0.6) is 0 Å². The van der Waals surface area contributed by atoms with E-state index in [-0.39, 0.29) is 17.7 Å². The number of hydrogen-bond acceptors (Lipinski definition) is 7. The first-order chi connectivity index (χ1) is 17.5. The topological polar surface area (TPSA) is 106 Å². The molecular formula is C27H33N5O4. The summed E-state index contributed by atoms with van der Waals surface area (Å²) in [4.78, 5) is 38.3.